The summed E-state index contributed by atoms with van der Waals surface area (Å²) in [4.78, 5) is 31.7. The minimum atomic E-state index is -4.41. The van der Waals surface area contributed by atoms with Crippen LogP contribution in [0.1, 0.15) is 10.4 Å². The van der Waals surface area contributed by atoms with E-state index in [1.165, 1.54) is 48.5 Å². The third-order valence-electron chi connectivity index (χ3n) is 5.52. The number of hydrogen-bond donors (Lipinski definition) is 2. The molecule has 3 aromatic carbocycles. The Bertz CT molecular complexity index is 1360. The van der Waals surface area contributed by atoms with Gasteiger partial charge in [0, 0.05) is 37.8 Å². The fourth-order valence-corrected chi connectivity index (χ4v) is 4.83. The summed E-state index contributed by atoms with van der Waals surface area (Å²) in [6, 6.07) is 14.4. The van der Waals surface area contributed by atoms with E-state index in [9.17, 15) is 26.8 Å². The summed E-state index contributed by atoms with van der Waals surface area (Å²) in [5.41, 5.74) is 0.0152. The lowest BCUT2D eigenvalue weighted by molar-refractivity contribution is -0.130. The lowest BCUT2D eigenvalue weighted by Gasteiger charge is -2.27. The van der Waals surface area contributed by atoms with Crippen molar-refractivity contribution in [3.05, 3.63) is 90.0 Å². The number of amides is 2. The SMILES string of the molecule is O=C(NCC(=O)N1CCNCC1)c1ccc(S(=O)(=O)N(Oc2ccc(F)cc2)c2cccc(F)c2)cc1. The number of hydrogen-bond acceptors (Lipinski definition) is 6. The number of nitrogens with zero attached hydrogens (tertiary/aromatic N) is 2. The summed E-state index contributed by atoms with van der Waals surface area (Å²) in [6.07, 6.45) is 0. The predicted octanol–water partition coefficient (Wildman–Crippen LogP) is 2.32. The molecule has 37 heavy (non-hydrogen) atoms. The number of benzene rings is 3. The highest BCUT2D eigenvalue weighted by atomic mass is 32.2. The van der Waals surface area contributed by atoms with Gasteiger partial charge in [0.2, 0.25) is 5.91 Å². The van der Waals surface area contributed by atoms with Gasteiger partial charge in [0.25, 0.3) is 15.9 Å². The van der Waals surface area contributed by atoms with Crippen LogP contribution in [0.15, 0.2) is 77.7 Å². The van der Waals surface area contributed by atoms with Gasteiger partial charge in [-0.25, -0.2) is 8.78 Å². The molecule has 0 spiro atoms. The number of carbonyl (C=O) groups is 2. The van der Waals surface area contributed by atoms with E-state index in [1.807, 2.05) is 0 Å². The first-order chi connectivity index (χ1) is 17.7. The molecule has 2 amide bonds. The molecular formula is C25H24F2N4O5S. The van der Waals surface area contributed by atoms with Gasteiger partial charge in [-0.1, -0.05) is 10.5 Å². The van der Waals surface area contributed by atoms with E-state index in [1.54, 1.807) is 4.90 Å². The molecule has 194 valence electrons. The Labute approximate surface area is 212 Å². The minimum absolute atomic E-state index is 0.000567. The number of nitrogens with one attached hydrogen (secondary N) is 2. The van der Waals surface area contributed by atoms with Gasteiger partial charge in [0.15, 0.2) is 5.75 Å². The summed E-state index contributed by atoms with van der Waals surface area (Å²) in [7, 11) is -4.41. The highest BCUT2D eigenvalue weighted by molar-refractivity contribution is 7.92. The lowest BCUT2D eigenvalue weighted by Crippen LogP contribution is -2.49. The van der Waals surface area contributed by atoms with E-state index in [-0.39, 0.29) is 34.3 Å². The second-order valence-electron chi connectivity index (χ2n) is 8.10. The van der Waals surface area contributed by atoms with E-state index in [4.69, 9.17) is 4.84 Å². The molecule has 2 N–H and O–H groups in total. The summed E-state index contributed by atoms with van der Waals surface area (Å²) in [5.74, 6) is -1.99. The maximum atomic E-state index is 13.9. The van der Waals surface area contributed by atoms with Crippen LogP contribution in [0.3, 0.4) is 0 Å². The molecule has 0 aliphatic carbocycles. The van der Waals surface area contributed by atoms with E-state index in [0.717, 1.165) is 24.3 Å². The van der Waals surface area contributed by atoms with Crippen molar-refractivity contribution < 1.29 is 31.6 Å². The van der Waals surface area contributed by atoms with Gasteiger partial charge in [0.1, 0.15) is 11.6 Å². The van der Waals surface area contributed by atoms with E-state index >= 15 is 0 Å². The zero-order chi connectivity index (χ0) is 26.4. The summed E-state index contributed by atoms with van der Waals surface area (Å²) in [5, 5.41) is 5.68. The van der Waals surface area contributed by atoms with Crippen LogP contribution in [0, 0.1) is 11.6 Å². The quantitative estimate of drug-likeness (QED) is 0.433. The molecule has 1 aliphatic heterocycles. The molecule has 0 bridgehead atoms. The molecule has 12 heteroatoms. The predicted molar refractivity (Wildman–Crippen MR) is 131 cm³/mol. The monoisotopic (exact) mass is 530 g/mol. The van der Waals surface area contributed by atoms with Crippen molar-refractivity contribution in [1.82, 2.24) is 15.5 Å². The summed E-state index contributed by atoms with van der Waals surface area (Å²) >= 11 is 0. The van der Waals surface area contributed by atoms with Gasteiger partial charge in [-0.3, -0.25) is 9.59 Å². The van der Waals surface area contributed by atoms with Crippen molar-refractivity contribution in [2.45, 2.75) is 4.90 Å². The van der Waals surface area contributed by atoms with Crippen LogP contribution in [0.4, 0.5) is 14.5 Å². The standard InChI is InChI=1S/C25H24F2N4O5S/c26-19-6-8-22(9-7-19)36-31(21-3-1-2-20(27)16-21)37(34,35)23-10-4-18(5-11-23)25(33)29-17-24(32)30-14-12-28-13-15-30/h1-11,16,28H,12-15,17H2,(H,29,33). The minimum Gasteiger partial charge on any atom is -0.364 e. The number of halogens is 2. The maximum absolute atomic E-state index is 13.9. The van der Waals surface area contributed by atoms with Crippen molar-refractivity contribution >= 4 is 27.5 Å². The molecule has 3 aromatic rings. The van der Waals surface area contributed by atoms with E-state index in [0.29, 0.717) is 30.6 Å². The van der Waals surface area contributed by atoms with Crippen LogP contribution < -0.4 is 19.9 Å². The second kappa shape index (κ2) is 11.4. The molecule has 0 unspecified atom stereocenters. The number of piperazine rings is 1. The number of rotatable bonds is 8. The number of carbonyl (C=O) groups excluding carboxylic acids is 2. The fraction of sp³-hybridized carbons (Fsp3) is 0.200. The van der Waals surface area contributed by atoms with Crippen LogP contribution >= 0.6 is 0 Å². The Balaban J connectivity index is 1.51. The first-order valence-corrected chi connectivity index (χ1v) is 12.8. The van der Waals surface area contributed by atoms with Gasteiger partial charge >= 0.3 is 0 Å². The average Bonchev–Trinajstić information content (AvgIpc) is 2.91. The Hall–Kier alpha value is -4.03. The molecule has 1 saturated heterocycles. The van der Waals surface area contributed by atoms with Gasteiger partial charge in [-0.2, -0.15) is 8.42 Å². The zero-order valence-corrected chi connectivity index (χ0v) is 20.4. The summed E-state index contributed by atoms with van der Waals surface area (Å²) < 4.78 is 54.6. The number of sulfonamides is 1. The fourth-order valence-electron chi connectivity index (χ4n) is 3.58. The topological polar surface area (TPSA) is 108 Å². The third-order valence-corrected chi connectivity index (χ3v) is 7.11. The second-order valence-corrected chi connectivity index (χ2v) is 9.85. The molecular weight excluding hydrogens is 506 g/mol. The van der Waals surface area contributed by atoms with Crippen LogP contribution in [-0.2, 0) is 14.8 Å². The molecule has 1 heterocycles. The first kappa shape index (κ1) is 26.0. The van der Waals surface area contributed by atoms with E-state index in [2.05, 4.69) is 10.6 Å². The van der Waals surface area contributed by atoms with E-state index < -0.39 is 27.6 Å². The average molecular weight is 531 g/mol. The highest BCUT2D eigenvalue weighted by Gasteiger charge is 2.28. The van der Waals surface area contributed by atoms with Gasteiger partial charge in [-0.05, 0) is 60.7 Å². The lowest BCUT2D eigenvalue weighted by atomic mass is 10.2. The molecule has 0 atom stereocenters. The maximum Gasteiger partial charge on any atom is 0.295 e. The van der Waals surface area contributed by atoms with Crippen molar-refractivity contribution in [2.75, 3.05) is 37.2 Å². The smallest absolute Gasteiger partial charge is 0.295 e. The van der Waals surface area contributed by atoms with Crippen molar-refractivity contribution in [3.8, 4) is 5.75 Å². The van der Waals surface area contributed by atoms with Gasteiger partial charge in [-0.15, -0.1) is 0 Å². The van der Waals surface area contributed by atoms with Crippen molar-refractivity contribution in [2.24, 2.45) is 0 Å². The van der Waals surface area contributed by atoms with Crippen LogP contribution in [-0.4, -0.2) is 57.9 Å². The normalized spacial score (nSPS) is 13.6. The van der Waals surface area contributed by atoms with Crippen LogP contribution in [0.5, 0.6) is 5.75 Å². The summed E-state index contributed by atoms with van der Waals surface area (Å²) in [6.45, 7) is 2.31. The van der Waals surface area contributed by atoms with Gasteiger partial charge < -0.3 is 20.4 Å². The Morgan fingerprint density at radius 2 is 1.62 bits per heavy atom. The molecule has 1 aliphatic rings. The Morgan fingerprint density at radius 1 is 0.946 bits per heavy atom. The molecule has 0 radical (unpaired) electrons. The Kier molecular flexibility index (Phi) is 7.99. The molecule has 4 rings (SSSR count). The van der Waals surface area contributed by atoms with Crippen molar-refractivity contribution in [1.29, 1.82) is 0 Å². The van der Waals surface area contributed by atoms with Crippen LogP contribution in [0.2, 0.25) is 0 Å². The van der Waals surface area contributed by atoms with Gasteiger partial charge in [0.05, 0.1) is 17.1 Å². The molecule has 1 fully saturated rings. The van der Waals surface area contributed by atoms with Crippen LogP contribution in [0.25, 0.3) is 0 Å². The largest absolute Gasteiger partial charge is 0.364 e. The molecule has 9 nitrogen and oxygen atoms in total. The highest BCUT2D eigenvalue weighted by Crippen LogP contribution is 2.27. The third kappa shape index (κ3) is 6.40. The first-order valence-electron chi connectivity index (χ1n) is 11.4. The van der Waals surface area contributed by atoms with Crippen molar-refractivity contribution in [3.63, 3.8) is 0 Å². The molecule has 0 aromatic heterocycles. The Morgan fingerprint density at radius 3 is 2.27 bits per heavy atom. The number of anilines is 1. The zero-order valence-electron chi connectivity index (χ0n) is 19.6. The molecule has 0 saturated carbocycles.